The van der Waals surface area contributed by atoms with Crippen molar-refractivity contribution in [3.05, 3.63) is 46.5 Å². The van der Waals surface area contributed by atoms with Crippen molar-refractivity contribution in [2.75, 3.05) is 33.2 Å². The van der Waals surface area contributed by atoms with E-state index in [2.05, 4.69) is 10.6 Å². The summed E-state index contributed by atoms with van der Waals surface area (Å²) in [5, 5.41) is 28.7. The molecule has 13 heteroatoms. The van der Waals surface area contributed by atoms with Gasteiger partial charge in [-0.1, -0.05) is 35.4 Å². The van der Waals surface area contributed by atoms with Gasteiger partial charge in [-0.3, -0.25) is 10.1 Å². The lowest BCUT2D eigenvalue weighted by Crippen LogP contribution is -2.62. The number of benzene rings is 1. The second kappa shape index (κ2) is 13.6. The number of esters is 1. The molecule has 244 valence electrons. The molecule has 0 spiro atoms. The number of alkyl carbamates (subject to hydrolysis) is 1. The van der Waals surface area contributed by atoms with Gasteiger partial charge >= 0.3 is 12.1 Å². The van der Waals surface area contributed by atoms with Crippen molar-refractivity contribution in [2.45, 2.75) is 94.5 Å². The van der Waals surface area contributed by atoms with E-state index in [4.69, 9.17) is 35.3 Å². The molecule has 2 saturated heterocycles. The van der Waals surface area contributed by atoms with Crippen molar-refractivity contribution in [3.8, 4) is 5.75 Å². The van der Waals surface area contributed by atoms with Gasteiger partial charge in [0, 0.05) is 33.4 Å². The van der Waals surface area contributed by atoms with Gasteiger partial charge in [-0.05, 0) is 51.9 Å². The van der Waals surface area contributed by atoms with Crippen molar-refractivity contribution in [3.63, 3.8) is 0 Å². The van der Waals surface area contributed by atoms with E-state index in [1.807, 2.05) is 25.1 Å². The number of carbonyl (C=O) groups excluding carboxylic acids is 2. The number of amides is 1. The Morgan fingerprint density at radius 1 is 1.30 bits per heavy atom. The summed E-state index contributed by atoms with van der Waals surface area (Å²) in [4.78, 5) is 27.1. The minimum absolute atomic E-state index is 0.0148. The van der Waals surface area contributed by atoms with E-state index < -0.39 is 60.1 Å². The van der Waals surface area contributed by atoms with Crippen LogP contribution in [0.3, 0.4) is 0 Å². The molecule has 1 amide bonds. The maximum atomic E-state index is 12.9. The van der Waals surface area contributed by atoms with Crippen LogP contribution in [0.1, 0.15) is 45.6 Å². The summed E-state index contributed by atoms with van der Waals surface area (Å²) < 4.78 is 28.7. The summed E-state index contributed by atoms with van der Waals surface area (Å²) in [5.74, 6) is -0.0666. The van der Waals surface area contributed by atoms with Gasteiger partial charge in [0.15, 0.2) is 5.72 Å². The number of ether oxygens (including phenoxy) is 5. The fraction of sp³-hybridized carbons (Fsp3) is 0.613. The Balaban J connectivity index is 1.76. The summed E-state index contributed by atoms with van der Waals surface area (Å²) in [6, 6.07) is 3.11. The van der Waals surface area contributed by atoms with Crippen LogP contribution in [0.4, 0.5) is 10.5 Å². The Labute approximate surface area is 263 Å². The minimum Gasteiger partial charge on any atom is -0.495 e. The van der Waals surface area contributed by atoms with Crippen LogP contribution in [0.2, 0.25) is 5.02 Å². The van der Waals surface area contributed by atoms with Crippen LogP contribution in [0.5, 0.6) is 5.75 Å². The van der Waals surface area contributed by atoms with Crippen LogP contribution in [-0.2, 0) is 30.2 Å². The molecule has 0 saturated carbocycles. The van der Waals surface area contributed by atoms with E-state index >= 15 is 0 Å². The first-order valence-electron chi connectivity index (χ1n) is 14.6. The number of aliphatic hydroxyl groups is 2. The maximum absolute atomic E-state index is 12.9. The fourth-order valence-electron chi connectivity index (χ4n) is 5.74. The number of epoxide rings is 1. The second-order valence-corrected chi connectivity index (χ2v) is 12.3. The molecule has 3 aliphatic heterocycles. The smallest absolute Gasteiger partial charge is 0.409 e. The summed E-state index contributed by atoms with van der Waals surface area (Å²) in [7, 11) is 6.32. The molecule has 4 rings (SSSR count). The van der Waals surface area contributed by atoms with Gasteiger partial charge < -0.3 is 44.1 Å². The van der Waals surface area contributed by atoms with E-state index in [9.17, 15) is 19.8 Å². The van der Waals surface area contributed by atoms with Gasteiger partial charge in [-0.15, -0.1) is 0 Å². The number of methoxy groups -OCH3 is 2. The predicted molar refractivity (Wildman–Crippen MR) is 164 cm³/mol. The van der Waals surface area contributed by atoms with Gasteiger partial charge in [0.05, 0.1) is 18.9 Å². The molecule has 0 radical (unpaired) electrons. The summed E-state index contributed by atoms with van der Waals surface area (Å²) >= 11 is 6.72. The van der Waals surface area contributed by atoms with Gasteiger partial charge in [0.1, 0.15) is 47.0 Å². The summed E-state index contributed by atoms with van der Waals surface area (Å²) in [5.41, 5.74) is -0.356. The highest BCUT2D eigenvalue weighted by atomic mass is 35.5. The van der Waals surface area contributed by atoms with Gasteiger partial charge in [-0.2, -0.15) is 0 Å². The standard InChI is InChI=1S/C31H44ClN3O9/c1-17-9-8-10-23(41-7)31(39)16-20(42-29(38)34-31)14-25-30(3,44-25)24(43-28(37)18(2)33-4)15-26(36)35(5)21-12-19(11-17)13-22(40-6)27(21)32/h8-10,12-13,18,20,23-26,33,36,39H,11,14-16H2,1-7H3,(H,34,38)/b10-8+,17-9+/t18-,20+,23+,24-,25-,26?,30-,31-/m0/s1. The Morgan fingerprint density at radius 3 is 2.68 bits per heavy atom. The zero-order valence-electron chi connectivity index (χ0n) is 26.3. The SMILES string of the molecule is CN[C@@H](C)C(=O)O[C@H]1CC(O)N(C)c2cc(cc(OC)c2Cl)C/C(C)=C/C=C/[C@@H](OC)[C@@]2(O)C[C@@H](C[C@@H]3O[C@@]13C)OC(=O)N2. The number of nitrogens with one attached hydrogen (secondary N) is 2. The van der Waals surface area contributed by atoms with Crippen LogP contribution < -0.4 is 20.3 Å². The minimum atomic E-state index is -1.74. The number of hydrogen-bond donors (Lipinski definition) is 4. The lowest BCUT2D eigenvalue weighted by Gasteiger charge is -2.40. The van der Waals surface area contributed by atoms with Gasteiger partial charge in [-0.25, -0.2) is 4.79 Å². The molecular formula is C31H44ClN3O9. The molecule has 3 aliphatic rings. The number of halogens is 1. The first-order valence-corrected chi connectivity index (χ1v) is 15.0. The highest BCUT2D eigenvalue weighted by Gasteiger charge is 2.61. The highest BCUT2D eigenvalue weighted by molar-refractivity contribution is 6.34. The molecular weight excluding hydrogens is 594 g/mol. The van der Waals surface area contributed by atoms with Gasteiger partial charge in [0.2, 0.25) is 0 Å². The maximum Gasteiger partial charge on any atom is 0.409 e. The van der Waals surface area contributed by atoms with Crippen molar-refractivity contribution in [2.24, 2.45) is 0 Å². The molecule has 12 nitrogen and oxygen atoms in total. The van der Waals surface area contributed by atoms with Crippen LogP contribution in [-0.4, -0.2) is 98.6 Å². The Hall–Kier alpha value is -2.87. The third kappa shape index (κ3) is 7.32. The summed E-state index contributed by atoms with van der Waals surface area (Å²) in [6.07, 6.45) is 1.18. The first kappa shape index (κ1) is 34.0. The lowest BCUT2D eigenvalue weighted by molar-refractivity contribution is -0.156. The number of carbonyl (C=O) groups is 2. The molecule has 8 atom stereocenters. The average Bonchev–Trinajstić information content (AvgIpc) is 3.63. The lowest BCUT2D eigenvalue weighted by atomic mass is 9.89. The average molecular weight is 638 g/mol. The normalized spacial score (nSPS) is 35.2. The van der Waals surface area contributed by atoms with Crippen LogP contribution in [0, 0.1) is 0 Å². The first-order chi connectivity index (χ1) is 20.7. The number of rotatable bonds is 5. The number of nitrogens with zero attached hydrogens (tertiary/aromatic N) is 1. The highest BCUT2D eigenvalue weighted by Crippen LogP contribution is 2.47. The number of fused-ring (bicyclic) bond motifs is 5. The number of anilines is 1. The third-order valence-electron chi connectivity index (χ3n) is 8.70. The van der Waals surface area contributed by atoms with E-state index in [0.717, 1.165) is 11.1 Å². The molecule has 2 fully saturated rings. The molecule has 1 aromatic carbocycles. The molecule has 4 bridgehead atoms. The third-order valence-corrected chi connectivity index (χ3v) is 9.08. The fourth-order valence-corrected chi connectivity index (χ4v) is 6.06. The monoisotopic (exact) mass is 637 g/mol. The van der Waals surface area contributed by atoms with Crippen molar-refractivity contribution >= 4 is 29.4 Å². The Morgan fingerprint density at radius 2 is 2.02 bits per heavy atom. The van der Waals surface area contributed by atoms with Crippen LogP contribution >= 0.6 is 11.6 Å². The molecule has 0 aliphatic carbocycles. The van der Waals surface area contributed by atoms with E-state index in [0.29, 0.717) is 22.9 Å². The van der Waals surface area contributed by atoms with Crippen LogP contribution in [0.15, 0.2) is 35.9 Å². The van der Waals surface area contributed by atoms with E-state index in [-0.39, 0.29) is 19.3 Å². The number of allylic oxidation sites excluding steroid dienone is 3. The van der Waals surface area contributed by atoms with Crippen molar-refractivity contribution in [1.82, 2.24) is 10.6 Å². The van der Waals surface area contributed by atoms with E-state index in [1.54, 1.807) is 45.0 Å². The van der Waals surface area contributed by atoms with E-state index in [1.165, 1.54) is 14.2 Å². The van der Waals surface area contributed by atoms with Crippen molar-refractivity contribution < 1.29 is 43.5 Å². The number of aliphatic hydroxyl groups excluding tert-OH is 1. The van der Waals surface area contributed by atoms with Gasteiger partial charge in [0.25, 0.3) is 0 Å². The molecule has 1 aromatic rings. The summed E-state index contributed by atoms with van der Waals surface area (Å²) in [6.45, 7) is 5.41. The Kier molecular flexibility index (Phi) is 10.5. The largest absolute Gasteiger partial charge is 0.495 e. The second-order valence-electron chi connectivity index (χ2n) is 11.9. The van der Waals surface area contributed by atoms with Crippen LogP contribution in [0.25, 0.3) is 0 Å². The number of hydrogen-bond acceptors (Lipinski definition) is 11. The zero-order valence-corrected chi connectivity index (χ0v) is 27.0. The molecule has 44 heavy (non-hydrogen) atoms. The quantitative estimate of drug-likeness (QED) is 0.279. The molecule has 0 aromatic heterocycles. The molecule has 4 N–H and O–H groups in total. The topological polar surface area (TPSA) is 151 Å². The number of likely N-dealkylation sites (N-methyl/N-ethyl adjacent to an activating group) is 1. The predicted octanol–water partition coefficient (Wildman–Crippen LogP) is 2.82. The Bertz CT molecular complexity index is 1290. The zero-order chi connectivity index (χ0) is 32.4. The molecule has 3 heterocycles. The van der Waals surface area contributed by atoms with Crippen molar-refractivity contribution in [1.29, 1.82) is 0 Å². The molecule has 1 unspecified atom stereocenters.